The number of hydrogen-bond acceptors (Lipinski definition) is 3. The summed E-state index contributed by atoms with van der Waals surface area (Å²) in [6.07, 6.45) is 3.83. The summed E-state index contributed by atoms with van der Waals surface area (Å²) in [5, 5.41) is 10.8. The molecule has 2 rings (SSSR count). The lowest BCUT2D eigenvalue weighted by Gasteiger charge is -2.24. The van der Waals surface area contributed by atoms with Crippen LogP contribution in [0.5, 0.6) is 0 Å². The van der Waals surface area contributed by atoms with Gasteiger partial charge in [0.25, 0.3) is 11.6 Å². The van der Waals surface area contributed by atoms with Crippen LogP contribution in [0.2, 0.25) is 0 Å². The quantitative estimate of drug-likeness (QED) is 0.475. The summed E-state index contributed by atoms with van der Waals surface area (Å²) < 4.78 is 0. The van der Waals surface area contributed by atoms with Crippen LogP contribution in [0.1, 0.15) is 41.6 Å². The maximum atomic E-state index is 12.6. The molecule has 1 saturated heterocycles. The molecule has 6 heteroatoms. The standard InChI is InChI=1S/C15H19ClN2O3/c1-11-10-12(6-7-14(11)18(20)21)15(19)17-9-3-5-13(17)4-2-8-16/h6-7,10,13H,2-5,8-9H2,1H3. The van der Waals surface area contributed by atoms with Crippen molar-refractivity contribution in [2.45, 2.75) is 38.6 Å². The zero-order valence-electron chi connectivity index (χ0n) is 12.0. The highest BCUT2D eigenvalue weighted by atomic mass is 35.5. The summed E-state index contributed by atoms with van der Waals surface area (Å²) >= 11 is 5.72. The fourth-order valence-electron chi connectivity index (χ4n) is 2.88. The molecule has 1 unspecified atom stereocenters. The number of likely N-dealkylation sites (tertiary alicyclic amines) is 1. The molecule has 0 radical (unpaired) electrons. The van der Waals surface area contributed by atoms with Gasteiger partial charge in [-0.2, -0.15) is 0 Å². The van der Waals surface area contributed by atoms with Gasteiger partial charge in [0.2, 0.25) is 0 Å². The number of nitrogens with zero attached hydrogens (tertiary/aromatic N) is 2. The SMILES string of the molecule is Cc1cc(C(=O)N2CCCC2CCCCl)ccc1[N+](=O)[O-]. The van der Waals surface area contributed by atoms with E-state index in [0.717, 1.165) is 32.2 Å². The summed E-state index contributed by atoms with van der Waals surface area (Å²) in [6.45, 7) is 2.41. The van der Waals surface area contributed by atoms with Gasteiger partial charge in [-0.1, -0.05) is 0 Å². The highest BCUT2D eigenvalue weighted by Gasteiger charge is 2.29. The van der Waals surface area contributed by atoms with E-state index in [0.29, 0.717) is 17.0 Å². The lowest BCUT2D eigenvalue weighted by Crippen LogP contribution is -2.35. The zero-order chi connectivity index (χ0) is 15.4. The van der Waals surface area contributed by atoms with Crippen LogP contribution in [-0.2, 0) is 0 Å². The predicted molar refractivity (Wildman–Crippen MR) is 81.8 cm³/mol. The molecule has 1 amide bonds. The first-order chi connectivity index (χ1) is 10.0. The monoisotopic (exact) mass is 310 g/mol. The highest BCUT2D eigenvalue weighted by Crippen LogP contribution is 2.25. The highest BCUT2D eigenvalue weighted by molar-refractivity contribution is 6.17. The Morgan fingerprint density at radius 3 is 2.90 bits per heavy atom. The summed E-state index contributed by atoms with van der Waals surface area (Å²) in [5.74, 6) is 0.569. The van der Waals surface area contributed by atoms with E-state index >= 15 is 0 Å². The van der Waals surface area contributed by atoms with Gasteiger partial charge in [0, 0.05) is 35.7 Å². The Morgan fingerprint density at radius 2 is 2.29 bits per heavy atom. The largest absolute Gasteiger partial charge is 0.336 e. The molecule has 0 bridgehead atoms. The topological polar surface area (TPSA) is 63.5 Å². The number of nitro benzene ring substituents is 1. The van der Waals surface area contributed by atoms with E-state index < -0.39 is 4.92 Å². The second-order valence-electron chi connectivity index (χ2n) is 5.38. The molecule has 5 nitrogen and oxygen atoms in total. The van der Waals surface area contributed by atoms with Crippen molar-refractivity contribution in [3.05, 3.63) is 39.4 Å². The van der Waals surface area contributed by atoms with E-state index in [4.69, 9.17) is 11.6 Å². The van der Waals surface area contributed by atoms with Crippen molar-refractivity contribution in [2.75, 3.05) is 12.4 Å². The van der Waals surface area contributed by atoms with E-state index in [2.05, 4.69) is 0 Å². The maximum Gasteiger partial charge on any atom is 0.272 e. The van der Waals surface area contributed by atoms with Crippen molar-refractivity contribution in [1.29, 1.82) is 0 Å². The van der Waals surface area contributed by atoms with Crippen molar-refractivity contribution in [2.24, 2.45) is 0 Å². The van der Waals surface area contributed by atoms with Crippen LogP contribution in [0.25, 0.3) is 0 Å². The predicted octanol–water partition coefficient (Wildman–Crippen LogP) is 3.53. The van der Waals surface area contributed by atoms with Gasteiger partial charge < -0.3 is 4.90 Å². The molecule has 1 atom stereocenters. The first-order valence-electron chi connectivity index (χ1n) is 7.16. The fraction of sp³-hybridized carbons (Fsp3) is 0.533. The van der Waals surface area contributed by atoms with Gasteiger partial charge in [0.15, 0.2) is 0 Å². The minimum absolute atomic E-state index is 0.0370. The Balaban J connectivity index is 2.15. The molecule has 1 aromatic carbocycles. The Hall–Kier alpha value is -1.62. The molecular formula is C15H19ClN2O3. The third kappa shape index (κ3) is 3.53. The number of nitro groups is 1. The maximum absolute atomic E-state index is 12.6. The van der Waals surface area contributed by atoms with Crippen LogP contribution in [0, 0.1) is 17.0 Å². The number of hydrogen-bond donors (Lipinski definition) is 0. The van der Waals surface area contributed by atoms with Crippen LogP contribution in [-0.4, -0.2) is 34.2 Å². The molecule has 1 fully saturated rings. The number of rotatable bonds is 5. The van der Waals surface area contributed by atoms with Crippen molar-refractivity contribution < 1.29 is 9.72 Å². The average Bonchev–Trinajstić information content (AvgIpc) is 2.92. The van der Waals surface area contributed by atoms with Gasteiger partial charge in [-0.05, 0) is 44.7 Å². The Bertz CT molecular complexity index is 548. The molecule has 1 aliphatic heterocycles. The van der Waals surface area contributed by atoms with Gasteiger partial charge in [-0.15, -0.1) is 11.6 Å². The zero-order valence-corrected chi connectivity index (χ0v) is 12.8. The van der Waals surface area contributed by atoms with Gasteiger partial charge in [-0.3, -0.25) is 14.9 Å². The number of amides is 1. The van der Waals surface area contributed by atoms with E-state index in [-0.39, 0.29) is 17.6 Å². The van der Waals surface area contributed by atoms with E-state index in [9.17, 15) is 14.9 Å². The number of halogens is 1. The second-order valence-corrected chi connectivity index (χ2v) is 5.76. The minimum Gasteiger partial charge on any atom is -0.336 e. The lowest BCUT2D eigenvalue weighted by atomic mass is 10.1. The molecule has 0 aromatic heterocycles. The number of alkyl halides is 1. The van der Waals surface area contributed by atoms with Crippen LogP contribution in [0.15, 0.2) is 18.2 Å². The Labute approximate surface area is 129 Å². The molecule has 114 valence electrons. The molecule has 0 aliphatic carbocycles. The first-order valence-corrected chi connectivity index (χ1v) is 7.70. The fourth-order valence-corrected chi connectivity index (χ4v) is 3.03. The number of aryl methyl sites for hydroxylation is 1. The number of carbonyl (C=O) groups is 1. The second kappa shape index (κ2) is 6.89. The van der Waals surface area contributed by atoms with Crippen LogP contribution in [0.3, 0.4) is 0 Å². The van der Waals surface area contributed by atoms with Crippen molar-refractivity contribution >= 4 is 23.2 Å². The first kappa shape index (κ1) is 15.8. The molecule has 0 saturated carbocycles. The Morgan fingerprint density at radius 1 is 1.52 bits per heavy atom. The van der Waals surface area contributed by atoms with E-state index in [1.807, 2.05) is 4.90 Å². The van der Waals surface area contributed by atoms with Gasteiger partial charge in [0.1, 0.15) is 0 Å². The Kier molecular flexibility index (Phi) is 5.17. The summed E-state index contributed by atoms with van der Waals surface area (Å²) in [7, 11) is 0. The van der Waals surface area contributed by atoms with Crippen LogP contribution < -0.4 is 0 Å². The molecule has 21 heavy (non-hydrogen) atoms. The van der Waals surface area contributed by atoms with Crippen molar-refractivity contribution in [3.8, 4) is 0 Å². The van der Waals surface area contributed by atoms with Crippen LogP contribution >= 0.6 is 11.6 Å². The number of benzene rings is 1. The van der Waals surface area contributed by atoms with E-state index in [1.54, 1.807) is 19.1 Å². The third-order valence-corrected chi connectivity index (χ3v) is 4.22. The summed E-state index contributed by atoms with van der Waals surface area (Å²) in [5.41, 5.74) is 1.09. The van der Waals surface area contributed by atoms with Crippen molar-refractivity contribution in [1.82, 2.24) is 4.90 Å². The number of carbonyl (C=O) groups excluding carboxylic acids is 1. The summed E-state index contributed by atoms with van der Waals surface area (Å²) in [6, 6.07) is 4.81. The molecule has 1 aliphatic rings. The molecule has 0 N–H and O–H groups in total. The van der Waals surface area contributed by atoms with Crippen LogP contribution in [0.4, 0.5) is 5.69 Å². The molecule has 0 spiro atoms. The summed E-state index contributed by atoms with van der Waals surface area (Å²) in [4.78, 5) is 24.9. The molecule has 1 aromatic rings. The van der Waals surface area contributed by atoms with Crippen molar-refractivity contribution in [3.63, 3.8) is 0 Å². The smallest absolute Gasteiger partial charge is 0.272 e. The van der Waals surface area contributed by atoms with E-state index in [1.165, 1.54) is 6.07 Å². The third-order valence-electron chi connectivity index (χ3n) is 3.95. The lowest BCUT2D eigenvalue weighted by molar-refractivity contribution is -0.385. The average molecular weight is 311 g/mol. The molecular weight excluding hydrogens is 292 g/mol. The minimum atomic E-state index is -0.428. The van der Waals surface area contributed by atoms with Gasteiger partial charge >= 0.3 is 0 Å². The normalized spacial score (nSPS) is 18.0. The van der Waals surface area contributed by atoms with Gasteiger partial charge in [-0.25, -0.2) is 0 Å². The van der Waals surface area contributed by atoms with Gasteiger partial charge in [0.05, 0.1) is 4.92 Å². The molecule has 1 heterocycles.